The quantitative estimate of drug-likeness (QED) is 0.539. The molecule has 0 saturated carbocycles. The Morgan fingerprint density at radius 1 is 0.839 bits per heavy atom. The number of pyridine rings is 1. The third-order valence-electron chi connectivity index (χ3n) is 5.44. The molecule has 0 spiro atoms. The molecule has 0 unspecified atom stereocenters. The number of rotatable bonds is 3. The summed E-state index contributed by atoms with van der Waals surface area (Å²) >= 11 is 0. The number of carbonyl (C=O) groups is 1. The van der Waals surface area contributed by atoms with Crippen LogP contribution in [0.5, 0.6) is 0 Å². The number of anilines is 1. The minimum Gasteiger partial charge on any atom is -0.368 e. The molecule has 1 fully saturated rings. The maximum absolute atomic E-state index is 12.7. The second kappa shape index (κ2) is 8.12. The van der Waals surface area contributed by atoms with Gasteiger partial charge in [-0.3, -0.25) is 4.79 Å². The lowest BCUT2D eigenvalue weighted by Crippen LogP contribution is -2.46. The van der Waals surface area contributed by atoms with Gasteiger partial charge in [0.15, 0.2) is 0 Å². The van der Waals surface area contributed by atoms with Crippen molar-refractivity contribution < 1.29 is 4.79 Å². The van der Waals surface area contributed by atoms with Crippen molar-refractivity contribution in [3.8, 4) is 22.5 Å². The van der Waals surface area contributed by atoms with E-state index in [-0.39, 0.29) is 11.9 Å². The maximum Gasteiger partial charge on any atom is 0.253 e. The van der Waals surface area contributed by atoms with Crippen molar-refractivity contribution in [1.29, 1.82) is 0 Å². The summed E-state index contributed by atoms with van der Waals surface area (Å²) in [6.07, 6.45) is 0. The Kier molecular flexibility index (Phi) is 5.01. The molecule has 3 heterocycles. The Bertz CT molecular complexity index is 1230. The molecule has 4 aromatic rings. The van der Waals surface area contributed by atoms with Gasteiger partial charge in [-0.1, -0.05) is 42.5 Å². The van der Waals surface area contributed by atoms with E-state index in [0.29, 0.717) is 22.3 Å². The van der Waals surface area contributed by atoms with Gasteiger partial charge in [-0.25, -0.2) is 15.0 Å². The van der Waals surface area contributed by atoms with E-state index in [2.05, 4.69) is 15.3 Å². The highest BCUT2D eigenvalue weighted by Gasteiger charge is 2.18. The third-order valence-corrected chi connectivity index (χ3v) is 5.44. The van der Waals surface area contributed by atoms with E-state index in [4.69, 9.17) is 10.7 Å². The molecule has 7 heteroatoms. The summed E-state index contributed by atoms with van der Waals surface area (Å²) in [7, 11) is 0. The van der Waals surface area contributed by atoms with E-state index in [0.717, 1.165) is 43.0 Å². The molecule has 0 aliphatic carbocycles. The van der Waals surface area contributed by atoms with Crippen molar-refractivity contribution in [1.82, 2.24) is 25.2 Å². The van der Waals surface area contributed by atoms with Gasteiger partial charge in [-0.15, -0.1) is 0 Å². The van der Waals surface area contributed by atoms with E-state index >= 15 is 0 Å². The third kappa shape index (κ3) is 3.83. The van der Waals surface area contributed by atoms with Crippen molar-refractivity contribution in [3.63, 3.8) is 0 Å². The molecule has 2 aromatic heterocycles. The van der Waals surface area contributed by atoms with E-state index in [1.54, 1.807) is 0 Å². The zero-order chi connectivity index (χ0) is 21.2. The lowest BCUT2D eigenvalue weighted by Gasteiger charge is -2.27. The largest absolute Gasteiger partial charge is 0.368 e. The van der Waals surface area contributed by atoms with Gasteiger partial charge < -0.3 is 16.0 Å². The van der Waals surface area contributed by atoms with Crippen molar-refractivity contribution in [2.24, 2.45) is 0 Å². The Hall–Kier alpha value is -3.84. The van der Waals surface area contributed by atoms with Crippen LogP contribution in [0.3, 0.4) is 0 Å². The number of nitrogens with two attached hydrogens (primary N) is 1. The maximum atomic E-state index is 12.7. The van der Waals surface area contributed by atoms with E-state index in [9.17, 15) is 4.79 Å². The molecule has 1 aliphatic rings. The molecule has 2 aromatic carbocycles. The molecule has 1 saturated heterocycles. The number of aromatic nitrogens is 3. The number of carbonyl (C=O) groups excluding carboxylic acids is 1. The minimum atomic E-state index is 0.0646. The highest BCUT2D eigenvalue weighted by molar-refractivity contribution is 5.95. The molecule has 7 nitrogen and oxygen atoms in total. The summed E-state index contributed by atoms with van der Waals surface area (Å²) < 4.78 is 0. The van der Waals surface area contributed by atoms with Crippen LogP contribution < -0.4 is 11.1 Å². The molecule has 0 bridgehead atoms. The number of amides is 1. The lowest BCUT2D eigenvalue weighted by atomic mass is 10.1. The number of nitrogens with zero attached hydrogens (tertiary/aromatic N) is 4. The Labute approximate surface area is 180 Å². The molecular formula is C24H22N6O. The van der Waals surface area contributed by atoms with Crippen LogP contribution in [0.2, 0.25) is 0 Å². The number of benzene rings is 2. The summed E-state index contributed by atoms with van der Waals surface area (Å²) in [5.41, 5.74) is 11.4. The van der Waals surface area contributed by atoms with E-state index < -0.39 is 0 Å². The topological polar surface area (TPSA) is 97.0 Å². The molecule has 154 valence electrons. The van der Waals surface area contributed by atoms with Crippen LogP contribution in [0.25, 0.3) is 33.5 Å². The number of hydrogen-bond acceptors (Lipinski definition) is 6. The van der Waals surface area contributed by atoms with Crippen LogP contribution in [-0.4, -0.2) is 51.9 Å². The SMILES string of the molecule is Nc1nc(-c2ccccc2)c2nc(-c3ccc(C(=O)N4CCNCC4)cc3)ccc2n1. The summed E-state index contributed by atoms with van der Waals surface area (Å²) in [4.78, 5) is 28.2. The minimum absolute atomic E-state index is 0.0646. The Morgan fingerprint density at radius 3 is 2.32 bits per heavy atom. The fourth-order valence-electron chi connectivity index (χ4n) is 3.82. The van der Waals surface area contributed by atoms with Crippen LogP contribution in [0.1, 0.15) is 10.4 Å². The molecule has 31 heavy (non-hydrogen) atoms. The van der Waals surface area contributed by atoms with Crippen LogP contribution >= 0.6 is 0 Å². The average Bonchev–Trinajstić information content (AvgIpc) is 2.84. The first-order valence-corrected chi connectivity index (χ1v) is 10.3. The first-order valence-electron chi connectivity index (χ1n) is 10.3. The van der Waals surface area contributed by atoms with Crippen molar-refractivity contribution in [2.45, 2.75) is 0 Å². The molecule has 3 N–H and O–H groups in total. The summed E-state index contributed by atoms with van der Waals surface area (Å²) in [6, 6.07) is 21.2. The second-order valence-electron chi connectivity index (χ2n) is 7.48. The van der Waals surface area contributed by atoms with E-state index in [1.165, 1.54) is 0 Å². The zero-order valence-corrected chi connectivity index (χ0v) is 17.0. The van der Waals surface area contributed by atoms with Gasteiger partial charge in [0.2, 0.25) is 5.95 Å². The highest BCUT2D eigenvalue weighted by Crippen LogP contribution is 2.28. The standard InChI is InChI=1S/C24H22N6O/c25-24-28-20-11-10-19(27-22(20)21(29-24)17-4-2-1-3-5-17)16-6-8-18(9-7-16)23(31)30-14-12-26-13-15-30/h1-11,26H,12-15H2,(H2,25,28,29). The van der Waals surface area contributed by atoms with Crippen molar-refractivity contribution in [2.75, 3.05) is 31.9 Å². The van der Waals surface area contributed by atoms with Crippen molar-refractivity contribution >= 4 is 22.9 Å². The van der Waals surface area contributed by atoms with Gasteiger partial charge in [0, 0.05) is 42.9 Å². The fraction of sp³-hybridized carbons (Fsp3) is 0.167. The lowest BCUT2D eigenvalue weighted by molar-refractivity contribution is 0.0736. The van der Waals surface area contributed by atoms with E-state index in [1.807, 2.05) is 71.6 Å². The smallest absolute Gasteiger partial charge is 0.253 e. The first-order chi connectivity index (χ1) is 15.2. The molecule has 1 amide bonds. The van der Waals surface area contributed by atoms with Crippen LogP contribution in [0.15, 0.2) is 66.7 Å². The zero-order valence-electron chi connectivity index (χ0n) is 17.0. The Balaban J connectivity index is 1.50. The van der Waals surface area contributed by atoms with Gasteiger partial charge in [0.1, 0.15) is 11.2 Å². The number of hydrogen-bond donors (Lipinski definition) is 2. The van der Waals surface area contributed by atoms with Crippen LogP contribution in [0, 0.1) is 0 Å². The average molecular weight is 410 g/mol. The normalized spacial score (nSPS) is 14.0. The number of nitrogens with one attached hydrogen (secondary N) is 1. The predicted molar refractivity (Wildman–Crippen MR) is 121 cm³/mol. The predicted octanol–water partition coefficient (Wildman–Crippen LogP) is 2.99. The molecular weight excluding hydrogens is 388 g/mol. The van der Waals surface area contributed by atoms with Gasteiger partial charge >= 0.3 is 0 Å². The Morgan fingerprint density at radius 2 is 1.58 bits per heavy atom. The molecule has 0 radical (unpaired) electrons. The second-order valence-corrected chi connectivity index (χ2v) is 7.48. The fourth-order valence-corrected chi connectivity index (χ4v) is 3.82. The van der Waals surface area contributed by atoms with Crippen molar-refractivity contribution in [3.05, 3.63) is 72.3 Å². The number of piperazine rings is 1. The van der Waals surface area contributed by atoms with Crippen LogP contribution in [-0.2, 0) is 0 Å². The number of fused-ring (bicyclic) bond motifs is 1. The monoisotopic (exact) mass is 410 g/mol. The molecule has 1 aliphatic heterocycles. The van der Waals surface area contributed by atoms with Gasteiger partial charge in [0.05, 0.1) is 11.2 Å². The first kappa shape index (κ1) is 19.1. The summed E-state index contributed by atoms with van der Waals surface area (Å²) in [5, 5.41) is 3.27. The summed E-state index contributed by atoms with van der Waals surface area (Å²) in [6.45, 7) is 3.14. The van der Waals surface area contributed by atoms with Gasteiger partial charge in [0.25, 0.3) is 5.91 Å². The molecule has 5 rings (SSSR count). The van der Waals surface area contributed by atoms with Gasteiger partial charge in [-0.2, -0.15) is 0 Å². The summed E-state index contributed by atoms with van der Waals surface area (Å²) in [5.74, 6) is 0.284. The highest BCUT2D eigenvalue weighted by atomic mass is 16.2. The number of nitrogen functional groups attached to an aromatic ring is 1. The van der Waals surface area contributed by atoms with Gasteiger partial charge in [-0.05, 0) is 24.3 Å². The van der Waals surface area contributed by atoms with Crippen LogP contribution in [0.4, 0.5) is 5.95 Å². The molecule has 0 atom stereocenters.